The van der Waals surface area contributed by atoms with Gasteiger partial charge in [0.2, 0.25) is 0 Å². The minimum absolute atomic E-state index is 0.00129. The van der Waals surface area contributed by atoms with Gasteiger partial charge in [-0.1, -0.05) is 61.5 Å². The van der Waals surface area contributed by atoms with Gasteiger partial charge in [-0.05, 0) is 35.0 Å². The summed E-state index contributed by atoms with van der Waals surface area (Å²) in [6.45, 7) is 20.4. The lowest BCUT2D eigenvalue weighted by molar-refractivity contribution is 0.102. The summed E-state index contributed by atoms with van der Waals surface area (Å²) < 4.78 is 6.61. The summed E-state index contributed by atoms with van der Waals surface area (Å²) in [6, 6.07) is 0. The third-order valence-corrected chi connectivity index (χ3v) is 11.2. The number of hydrogen-bond donors (Lipinski definition) is 2. The fraction of sp³-hybridized carbons (Fsp3) is 0.895. The van der Waals surface area contributed by atoms with Gasteiger partial charge >= 0.3 is 0 Å². The predicted octanol–water partition coefficient (Wildman–Crippen LogP) is 4.75. The lowest BCUT2D eigenvalue weighted by atomic mass is 9.96. The number of rotatable bonds is 10. The zero-order valence-corrected chi connectivity index (χ0v) is 17.8. The van der Waals surface area contributed by atoms with Crippen molar-refractivity contribution in [3.63, 3.8) is 0 Å². The first-order chi connectivity index (χ1) is 10.5. The molecule has 0 aliphatic carbocycles. The predicted molar refractivity (Wildman–Crippen MR) is 102 cm³/mol. The molecule has 138 valence electrons. The van der Waals surface area contributed by atoms with Gasteiger partial charge in [-0.25, -0.2) is 0 Å². The lowest BCUT2D eigenvalue weighted by Crippen LogP contribution is -2.48. The molecular formula is C19H40O3Si. The molecule has 0 aromatic carbocycles. The van der Waals surface area contributed by atoms with Crippen molar-refractivity contribution in [1.82, 2.24) is 0 Å². The van der Waals surface area contributed by atoms with E-state index >= 15 is 0 Å². The summed E-state index contributed by atoms with van der Waals surface area (Å²) in [5, 5.41) is 19.3. The zero-order chi connectivity index (χ0) is 18.4. The van der Waals surface area contributed by atoms with Gasteiger partial charge in [0.05, 0.1) is 6.10 Å². The molecule has 0 aromatic rings. The van der Waals surface area contributed by atoms with Crippen LogP contribution in [-0.4, -0.2) is 37.8 Å². The van der Waals surface area contributed by atoms with Crippen LogP contribution in [0.1, 0.15) is 62.3 Å². The van der Waals surface area contributed by atoms with Crippen molar-refractivity contribution < 1.29 is 14.6 Å². The Morgan fingerprint density at radius 1 is 0.957 bits per heavy atom. The maximum absolute atomic E-state index is 10.2. The molecule has 0 heterocycles. The van der Waals surface area contributed by atoms with E-state index in [-0.39, 0.29) is 18.4 Å². The van der Waals surface area contributed by atoms with Gasteiger partial charge in [-0.3, -0.25) is 0 Å². The molecule has 0 aliphatic rings. The second kappa shape index (κ2) is 9.97. The van der Waals surface area contributed by atoms with Gasteiger partial charge in [-0.2, -0.15) is 0 Å². The molecule has 0 bridgehead atoms. The topological polar surface area (TPSA) is 49.7 Å². The summed E-state index contributed by atoms with van der Waals surface area (Å²) in [6.07, 6.45) is 1.52. The van der Waals surface area contributed by atoms with E-state index < -0.39 is 14.4 Å². The van der Waals surface area contributed by atoms with E-state index in [0.29, 0.717) is 23.2 Å². The highest BCUT2D eigenvalue weighted by molar-refractivity contribution is 6.77. The molecular weight excluding hydrogens is 304 g/mol. The maximum atomic E-state index is 10.2. The van der Waals surface area contributed by atoms with Crippen LogP contribution in [0.15, 0.2) is 11.6 Å². The van der Waals surface area contributed by atoms with Crippen molar-refractivity contribution >= 4 is 8.32 Å². The average molecular weight is 345 g/mol. The minimum Gasteiger partial charge on any atom is -0.415 e. The van der Waals surface area contributed by atoms with E-state index in [4.69, 9.17) is 4.43 Å². The zero-order valence-electron chi connectivity index (χ0n) is 16.8. The van der Waals surface area contributed by atoms with Gasteiger partial charge in [0.15, 0.2) is 8.32 Å². The summed E-state index contributed by atoms with van der Waals surface area (Å²) in [4.78, 5) is 0. The molecule has 0 radical (unpaired) electrons. The molecule has 0 spiro atoms. The lowest BCUT2D eigenvalue weighted by Gasteiger charge is -2.42. The SMILES string of the molecule is C/C(=C\[C@H](C)CO[Si](C(C)C)(C(C)C)C(C)C)[C@@H](O)[C@H](C)CO. The average Bonchev–Trinajstić information content (AvgIpc) is 2.44. The Hall–Kier alpha value is -0.163. The van der Waals surface area contributed by atoms with Gasteiger partial charge in [-0.15, -0.1) is 0 Å². The van der Waals surface area contributed by atoms with Gasteiger partial charge in [0, 0.05) is 19.1 Å². The highest BCUT2D eigenvalue weighted by atomic mass is 28.4. The normalized spacial score (nSPS) is 17.9. The fourth-order valence-corrected chi connectivity index (χ4v) is 9.47. The van der Waals surface area contributed by atoms with Crippen molar-refractivity contribution in [2.24, 2.45) is 11.8 Å². The quantitative estimate of drug-likeness (QED) is 0.444. The van der Waals surface area contributed by atoms with Crippen LogP contribution in [0.25, 0.3) is 0 Å². The standard InChI is InChI=1S/C19H40O3Si/c1-13(2)23(14(3)4,15(5)6)22-12-16(7)10-17(8)19(21)18(9)11-20/h10,13-16,18-21H,11-12H2,1-9H3/b17-10+/t16-,18+,19+/m0/s1. The summed E-state index contributed by atoms with van der Waals surface area (Å²) >= 11 is 0. The molecule has 0 aromatic heterocycles. The monoisotopic (exact) mass is 344 g/mol. The van der Waals surface area contributed by atoms with Crippen LogP contribution >= 0.6 is 0 Å². The molecule has 0 rings (SSSR count). The first kappa shape index (κ1) is 22.8. The molecule has 0 amide bonds. The van der Waals surface area contributed by atoms with E-state index in [0.717, 1.165) is 5.57 Å². The Bertz CT molecular complexity index is 342. The highest BCUT2D eigenvalue weighted by Crippen LogP contribution is 2.42. The number of aliphatic hydroxyl groups excluding tert-OH is 2. The van der Waals surface area contributed by atoms with Gasteiger partial charge < -0.3 is 14.6 Å². The van der Waals surface area contributed by atoms with Crippen LogP contribution in [0.2, 0.25) is 16.6 Å². The van der Waals surface area contributed by atoms with Crippen LogP contribution in [0.5, 0.6) is 0 Å². The molecule has 3 atom stereocenters. The van der Waals surface area contributed by atoms with Crippen LogP contribution in [0.3, 0.4) is 0 Å². The summed E-state index contributed by atoms with van der Waals surface area (Å²) in [5.41, 5.74) is 2.67. The van der Waals surface area contributed by atoms with Crippen molar-refractivity contribution in [2.45, 2.75) is 85.0 Å². The molecule has 0 fully saturated rings. The molecule has 4 heteroatoms. The molecule has 0 saturated carbocycles. The molecule has 23 heavy (non-hydrogen) atoms. The largest absolute Gasteiger partial charge is 0.415 e. The van der Waals surface area contributed by atoms with E-state index in [2.05, 4.69) is 54.5 Å². The van der Waals surface area contributed by atoms with Crippen LogP contribution in [0, 0.1) is 11.8 Å². The van der Waals surface area contributed by atoms with E-state index in [1.54, 1.807) is 0 Å². The summed E-state index contributed by atoms with van der Waals surface area (Å²) in [5.74, 6) is 0.133. The second-order valence-electron chi connectivity index (χ2n) is 8.12. The van der Waals surface area contributed by atoms with Gasteiger partial charge in [0.25, 0.3) is 0 Å². The minimum atomic E-state index is -1.83. The molecule has 2 N–H and O–H groups in total. The first-order valence-electron chi connectivity index (χ1n) is 9.11. The van der Waals surface area contributed by atoms with E-state index in [1.165, 1.54) is 0 Å². The third kappa shape index (κ3) is 6.00. The van der Waals surface area contributed by atoms with Crippen LogP contribution in [-0.2, 0) is 4.43 Å². The first-order valence-corrected chi connectivity index (χ1v) is 11.3. The maximum Gasteiger partial charge on any atom is 0.200 e. The molecule has 0 unspecified atom stereocenters. The highest BCUT2D eigenvalue weighted by Gasteiger charge is 2.45. The van der Waals surface area contributed by atoms with E-state index in [1.807, 2.05) is 13.8 Å². The van der Waals surface area contributed by atoms with Crippen molar-refractivity contribution in [3.05, 3.63) is 11.6 Å². The summed E-state index contributed by atoms with van der Waals surface area (Å²) in [7, 11) is -1.83. The molecule has 3 nitrogen and oxygen atoms in total. The fourth-order valence-electron chi connectivity index (χ4n) is 3.92. The van der Waals surface area contributed by atoms with Crippen molar-refractivity contribution in [2.75, 3.05) is 13.2 Å². The molecule has 0 aliphatic heterocycles. The van der Waals surface area contributed by atoms with Crippen molar-refractivity contribution in [1.29, 1.82) is 0 Å². The Morgan fingerprint density at radius 2 is 1.39 bits per heavy atom. The van der Waals surface area contributed by atoms with Crippen LogP contribution < -0.4 is 0 Å². The van der Waals surface area contributed by atoms with E-state index in [9.17, 15) is 10.2 Å². The Labute approximate surface area is 145 Å². The Morgan fingerprint density at radius 3 is 1.74 bits per heavy atom. The second-order valence-corrected chi connectivity index (χ2v) is 13.6. The van der Waals surface area contributed by atoms with Crippen LogP contribution in [0.4, 0.5) is 0 Å². The smallest absolute Gasteiger partial charge is 0.200 e. The number of hydrogen-bond acceptors (Lipinski definition) is 3. The Kier molecular flexibility index (Phi) is 9.90. The Balaban J connectivity index is 4.99. The number of aliphatic hydroxyl groups is 2. The van der Waals surface area contributed by atoms with Gasteiger partial charge in [0.1, 0.15) is 0 Å². The third-order valence-electron chi connectivity index (χ3n) is 5.14. The van der Waals surface area contributed by atoms with Crippen molar-refractivity contribution in [3.8, 4) is 0 Å². The molecule has 0 saturated heterocycles.